The van der Waals surface area contributed by atoms with Crippen molar-refractivity contribution in [3.05, 3.63) is 0 Å². The van der Waals surface area contributed by atoms with Crippen molar-refractivity contribution in [3.63, 3.8) is 0 Å². The smallest absolute Gasteiger partial charge is 0.216 e. The monoisotopic (exact) mass is 172 g/mol. The molecule has 70 valence electrons. The average Bonchev–Trinajstić information content (AvgIpc) is 2.09. The van der Waals surface area contributed by atoms with E-state index in [2.05, 4.69) is 17.1 Å². The molecule has 0 unspecified atom stereocenters. The summed E-state index contributed by atoms with van der Waals surface area (Å²) in [4.78, 5) is 7.19. The Balaban J connectivity index is 2.19. The largest absolute Gasteiger partial charge is 0.367 e. The van der Waals surface area contributed by atoms with Crippen LogP contribution in [0.25, 0.3) is 0 Å². The Bertz CT molecular complexity index is 149. The molecule has 4 nitrogen and oxygen atoms in total. The summed E-state index contributed by atoms with van der Waals surface area (Å²) in [6.45, 7) is 2.41. The molecule has 0 aromatic carbocycles. The van der Waals surface area contributed by atoms with Crippen molar-refractivity contribution in [1.29, 1.82) is 0 Å². The van der Waals surface area contributed by atoms with Crippen molar-refractivity contribution in [2.45, 2.75) is 12.8 Å². The lowest BCUT2D eigenvalue weighted by atomic mass is 10.1. The molecule has 1 heterocycles. The van der Waals surface area contributed by atoms with Gasteiger partial charge in [-0.05, 0) is 7.05 Å². The van der Waals surface area contributed by atoms with Gasteiger partial charge in [0.1, 0.15) is 0 Å². The molecule has 0 aromatic rings. The SMILES string of the molecule is COCON=C1CCN(C)CC1. The summed E-state index contributed by atoms with van der Waals surface area (Å²) in [7, 11) is 3.71. The number of rotatable bonds is 3. The summed E-state index contributed by atoms with van der Waals surface area (Å²) >= 11 is 0. The van der Waals surface area contributed by atoms with Gasteiger partial charge in [0.25, 0.3) is 0 Å². The van der Waals surface area contributed by atoms with E-state index < -0.39 is 0 Å². The van der Waals surface area contributed by atoms with E-state index in [4.69, 9.17) is 9.57 Å². The lowest BCUT2D eigenvalue weighted by Crippen LogP contribution is -2.30. The molecule has 0 spiro atoms. The Morgan fingerprint density at radius 3 is 2.67 bits per heavy atom. The zero-order valence-electron chi connectivity index (χ0n) is 7.75. The highest BCUT2D eigenvalue weighted by Crippen LogP contribution is 2.04. The van der Waals surface area contributed by atoms with Crippen LogP contribution < -0.4 is 0 Å². The molecule has 0 N–H and O–H groups in total. The van der Waals surface area contributed by atoms with Gasteiger partial charge in [-0.3, -0.25) is 0 Å². The molecule has 0 bridgehead atoms. The highest BCUT2D eigenvalue weighted by Gasteiger charge is 2.11. The standard InChI is InChI=1S/C8H16N2O2/c1-10-5-3-8(4-6-10)9-12-7-11-2/h3-7H2,1-2H3. The van der Waals surface area contributed by atoms with Crippen LogP contribution >= 0.6 is 0 Å². The third kappa shape index (κ3) is 3.19. The molecular formula is C8H16N2O2. The van der Waals surface area contributed by atoms with Crippen LogP contribution in [0.4, 0.5) is 0 Å². The van der Waals surface area contributed by atoms with E-state index in [0.717, 1.165) is 31.6 Å². The molecule has 0 atom stereocenters. The van der Waals surface area contributed by atoms with Crippen LogP contribution in [0.1, 0.15) is 12.8 Å². The maximum Gasteiger partial charge on any atom is 0.216 e. The number of oxime groups is 1. The topological polar surface area (TPSA) is 34.1 Å². The van der Waals surface area contributed by atoms with Gasteiger partial charge in [0.15, 0.2) is 0 Å². The molecule has 1 saturated heterocycles. The van der Waals surface area contributed by atoms with Gasteiger partial charge in [-0.2, -0.15) is 0 Å². The minimum atomic E-state index is 0.249. The lowest BCUT2D eigenvalue weighted by molar-refractivity contribution is -0.0289. The van der Waals surface area contributed by atoms with Crippen LogP contribution in [0.5, 0.6) is 0 Å². The second-order valence-electron chi connectivity index (χ2n) is 3.00. The molecule has 1 rings (SSSR count). The Morgan fingerprint density at radius 1 is 1.42 bits per heavy atom. The number of likely N-dealkylation sites (tertiary alicyclic amines) is 1. The first-order valence-electron chi connectivity index (χ1n) is 4.18. The van der Waals surface area contributed by atoms with Gasteiger partial charge in [0.05, 0.1) is 5.71 Å². The van der Waals surface area contributed by atoms with E-state index in [1.165, 1.54) is 0 Å². The number of nitrogens with zero attached hydrogens (tertiary/aromatic N) is 2. The number of hydrogen-bond donors (Lipinski definition) is 0. The van der Waals surface area contributed by atoms with Crippen LogP contribution in [0.15, 0.2) is 5.16 Å². The van der Waals surface area contributed by atoms with Gasteiger partial charge >= 0.3 is 0 Å². The number of hydrogen-bond acceptors (Lipinski definition) is 4. The molecule has 0 amide bonds. The highest BCUT2D eigenvalue weighted by molar-refractivity contribution is 5.84. The van der Waals surface area contributed by atoms with Gasteiger partial charge in [-0.15, -0.1) is 0 Å². The van der Waals surface area contributed by atoms with E-state index >= 15 is 0 Å². The third-order valence-electron chi connectivity index (χ3n) is 1.93. The second-order valence-corrected chi connectivity index (χ2v) is 3.00. The van der Waals surface area contributed by atoms with Crippen LogP contribution in [-0.4, -0.2) is 44.7 Å². The summed E-state index contributed by atoms with van der Waals surface area (Å²) in [5, 5.41) is 3.97. The summed E-state index contributed by atoms with van der Waals surface area (Å²) in [5.74, 6) is 0. The van der Waals surface area contributed by atoms with E-state index in [9.17, 15) is 0 Å². The van der Waals surface area contributed by atoms with Crippen LogP contribution in [0.2, 0.25) is 0 Å². The molecule has 0 saturated carbocycles. The first-order chi connectivity index (χ1) is 5.83. The summed E-state index contributed by atoms with van der Waals surface area (Å²) < 4.78 is 4.71. The Morgan fingerprint density at radius 2 is 2.08 bits per heavy atom. The van der Waals surface area contributed by atoms with Crippen LogP contribution in [-0.2, 0) is 9.57 Å². The zero-order valence-corrected chi connectivity index (χ0v) is 7.75. The van der Waals surface area contributed by atoms with Gasteiger partial charge in [-0.25, -0.2) is 0 Å². The van der Waals surface area contributed by atoms with Crippen molar-refractivity contribution in [1.82, 2.24) is 4.90 Å². The Kier molecular flexibility index (Phi) is 4.04. The second kappa shape index (κ2) is 5.11. The molecule has 1 aliphatic rings. The van der Waals surface area contributed by atoms with Crippen LogP contribution in [0.3, 0.4) is 0 Å². The molecule has 1 fully saturated rings. The van der Waals surface area contributed by atoms with E-state index in [1.807, 2.05) is 0 Å². The van der Waals surface area contributed by atoms with Crippen molar-refractivity contribution in [2.75, 3.05) is 34.0 Å². The maximum atomic E-state index is 4.90. The first-order valence-corrected chi connectivity index (χ1v) is 4.18. The fourth-order valence-electron chi connectivity index (χ4n) is 1.14. The molecular weight excluding hydrogens is 156 g/mol. The van der Waals surface area contributed by atoms with Gasteiger partial charge < -0.3 is 14.5 Å². The zero-order chi connectivity index (χ0) is 8.81. The third-order valence-corrected chi connectivity index (χ3v) is 1.93. The highest BCUT2D eigenvalue weighted by atomic mass is 16.7. The molecule has 12 heavy (non-hydrogen) atoms. The van der Waals surface area contributed by atoms with Crippen LogP contribution in [0, 0.1) is 0 Å². The van der Waals surface area contributed by atoms with Gasteiger partial charge in [0, 0.05) is 33.0 Å². The van der Waals surface area contributed by atoms with E-state index in [1.54, 1.807) is 7.11 Å². The van der Waals surface area contributed by atoms with Crippen molar-refractivity contribution >= 4 is 5.71 Å². The van der Waals surface area contributed by atoms with E-state index in [0.29, 0.717) is 0 Å². The molecule has 0 aromatic heterocycles. The quantitative estimate of drug-likeness (QED) is 0.357. The minimum Gasteiger partial charge on any atom is -0.367 e. The Labute approximate surface area is 73.1 Å². The normalized spacial score (nSPS) is 19.3. The minimum absolute atomic E-state index is 0.249. The summed E-state index contributed by atoms with van der Waals surface area (Å²) in [5.41, 5.74) is 1.14. The number of methoxy groups -OCH3 is 1. The fourth-order valence-corrected chi connectivity index (χ4v) is 1.14. The van der Waals surface area contributed by atoms with Crippen molar-refractivity contribution in [2.24, 2.45) is 5.16 Å². The number of ether oxygens (including phenoxy) is 1. The fraction of sp³-hybridized carbons (Fsp3) is 0.875. The molecule has 4 heteroatoms. The van der Waals surface area contributed by atoms with Crippen molar-refractivity contribution in [3.8, 4) is 0 Å². The predicted molar refractivity (Wildman–Crippen MR) is 47.1 cm³/mol. The van der Waals surface area contributed by atoms with Gasteiger partial charge in [0.2, 0.25) is 6.79 Å². The molecule has 0 radical (unpaired) electrons. The average molecular weight is 172 g/mol. The molecule has 0 aliphatic carbocycles. The lowest BCUT2D eigenvalue weighted by Gasteiger charge is -2.22. The van der Waals surface area contributed by atoms with E-state index in [-0.39, 0.29) is 6.79 Å². The van der Waals surface area contributed by atoms with Gasteiger partial charge in [-0.1, -0.05) is 5.16 Å². The summed E-state index contributed by atoms with van der Waals surface area (Å²) in [6, 6.07) is 0. The first kappa shape index (κ1) is 9.48. The Hall–Kier alpha value is -0.610. The predicted octanol–water partition coefficient (Wildman–Crippen LogP) is 0.688. The number of piperidine rings is 1. The maximum absolute atomic E-state index is 4.90. The summed E-state index contributed by atoms with van der Waals surface area (Å²) in [6.07, 6.45) is 2.03. The molecule has 1 aliphatic heterocycles. The van der Waals surface area contributed by atoms with Crippen molar-refractivity contribution < 1.29 is 9.57 Å².